The van der Waals surface area contributed by atoms with Gasteiger partial charge in [0.05, 0.1) is 0 Å². The molecule has 2 aliphatic carbocycles. The van der Waals surface area contributed by atoms with Crippen LogP contribution in [0.15, 0.2) is 0 Å². The molecule has 2 aliphatic rings. The SMILES string of the molecule is C1CC(C2CCC2)C1.P. The van der Waals surface area contributed by atoms with E-state index in [0.29, 0.717) is 0 Å². The van der Waals surface area contributed by atoms with Gasteiger partial charge in [-0.3, -0.25) is 0 Å². The van der Waals surface area contributed by atoms with E-state index < -0.39 is 0 Å². The highest BCUT2D eigenvalue weighted by atomic mass is 31.0. The van der Waals surface area contributed by atoms with E-state index >= 15 is 0 Å². The van der Waals surface area contributed by atoms with Crippen LogP contribution in [0, 0.1) is 11.8 Å². The molecule has 0 aliphatic heterocycles. The monoisotopic (exact) mass is 144 g/mol. The standard InChI is InChI=1S/C8H14.H3P/c1-3-7(4-1)8-5-2-6-8;/h7-8H,1-6H2;1H3. The Morgan fingerprint density at radius 3 is 1.11 bits per heavy atom. The van der Waals surface area contributed by atoms with Crippen molar-refractivity contribution < 1.29 is 0 Å². The van der Waals surface area contributed by atoms with Gasteiger partial charge in [-0.15, -0.1) is 0 Å². The molecule has 0 heterocycles. The van der Waals surface area contributed by atoms with Crippen molar-refractivity contribution in [2.75, 3.05) is 0 Å². The van der Waals surface area contributed by atoms with Crippen molar-refractivity contribution in [2.24, 2.45) is 11.8 Å². The Hall–Kier alpha value is 0.430. The predicted octanol–water partition coefficient (Wildman–Crippen LogP) is 2.64. The molecule has 0 saturated heterocycles. The average Bonchev–Trinajstić information content (AvgIpc) is 1.47. The Kier molecular flexibility index (Phi) is 2.52. The fraction of sp³-hybridized carbons (Fsp3) is 1.00. The fourth-order valence-electron chi connectivity index (χ4n) is 1.82. The lowest BCUT2D eigenvalue weighted by atomic mass is 9.67. The smallest absolute Gasteiger partial charge is 0.0386 e. The Morgan fingerprint density at radius 1 is 0.667 bits per heavy atom. The number of hydrogen-bond donors (Lipinski definition) is 0. The molecule has 2 fully saturated rings. The molecule has 0 amide bonds. The Bertz CT molecular complexity index is 70.6. The Morgan fingerprint density at radius 2 is 1.00 bits per heavy atom. The highest BCUT2D eigenvalue weighted by molar-refractivity contribution is 6.92. The molecule has 0 radical (unpaired) electrons. The van der Waals surface area contributed by atoms with Gasteiger partial charge in [0.2, 0.25) is 0 Å². The van der Waals surface area contributed by atoms with Crippen LogP contribution in [0.1, 0.15) is 38.5 Å². The third-order valence-corrected chi connectivity index (χ3v) is 2.97. The van der Waals surface area contributed by atoms with Crippen LogP contribution in [-0.2, 0) is 0 Å². The van der Waals surface area contributed by atoms with Gasteiger partial charge in [-0.2, -0.15) is 9.90 Å². The van der Waals surface area contributed by atoms with Gasteiger partial charge < -0.3 is 0 Å². The number of rotatable bonds is 1. The maximum atomic E-state index is 1.56. The minimum Gasteiger partial charge on any atom is -0.153 e. The zero-order valence-corrected chi connectivity index (χ0v) is 7.52. The lowest BCUT2D eigenvalue weighted by Crippen LogP contribution is -2.26. The Balaban J connectivity index is 0.000000405. The average molecular weight is 144 g/mol. The van der Waals surface area contributed by atoms with Crippen LogP contribution in [0.2, 0.25) is 0 Å². The lowest BCUT2D eigenvalue weighted by Gasteiger charge is -2.39. The van der Waals surface area contributed by atoms with Crippen molar-refractivity contribution in [1.29, 1.82) is 0 Å². The van der Waals surface area contributed by atoms with Crippen molar-refractivity contribution in [3.8, 4) is 0 Å². The molecular weight excluding hydrogens is 127 g/mol. The van der Waals surface area contributed by atoms with E-state index in [9.17, 15) is 0 Å². The second-order valence-corrected chi connectivity index (χ2v) is 3.38. The van der Waals surface area contributed by atoms with Crippen LogP contribution in [0.4, 0.5) is 0 Å². The van der Waals surface area contributed by atoms with Crippen LogP contribution >= 0.6 is 9.90 Å². The summed E-state index contributed by atoms with van der Waals surface area (Å²) >= 11 is 0. The van der Waals surface area contributed by atoms with Crippen molar-refractivity contribution in [3.63, 3.8) is 0 Å². The highest BCUT2D eigenvalue weighted by Crippen LogP contribution is 2.43. The Labute approximate surface area is 61.0 Å². The molecule has 0 N–H and O–H groups in total. The summed E-state index contributed by atoms with van der Waals surface area (Å²) in [5.74, 6) is 2.37. The van der Waals surface area contributed by atoms with Gasteiger partial charge in [0.25, 0.3) is 0 Å². The first-order valence-corrected chi connectivity index (χ1v) is 3.97. The third-order valence-electron chi connectivity index (χ3n) is 2.97. The lowest BCUT2D eigenvalue weighted by molar-refractivity contribution is 0.129. The first-order valence-electron chi connectivity index (χ1n) is 3.97. The molecule has 0 nitrogen and oxygen atoms in total. The van der Waals surface area contributed by atoms with Gasteiger partial charge in [0, 0.05) is 0 Å². The summed E-state index contributed by atoms with van der Waals surface area (Å²) in [4.78, 5) is 0. The topological polar surface area (TPSA) is 0 Å². The summed E-state index contributed by atoms with van der Waals surface area (Å²) in [6.45, 7) is 0. The van der Waals surface area contributed by atoms with Crippen molar-refractivity contribution in [3.05, 3.63) is 0 Å². The fourth-order valence-corrected chi connectivity index (χ4v) is 1.82. The van der Waals surface area contributed by atoms with Gasteiger partial charge in [-0.05, 0) is 11.8 Å². The first-order chi connectivity index (χ1) is 3.97. The van der Waals surface area contributed by atoms with E-state index in [4.69, 9.17) is 0 Å². The predicted molar refractivity (Wildman–Crippen MR) is 45.8 cm³/mol. The molecule has 0 aromatic heterocycles. The second-order valence-electron chi connectivity index (χ2n) is 3.38. The van der Waals surface area contributed by atoms with E-state index in [-0.39, 0.29) is 9.90 Å². The highest BCUT2D eigenvalue weighted by Gasteiger charge is 2.30. The van der Waals surface area contributed by atoms with Crippen LogP contribution < -0.4 is 0 Å². The molecular formula is C8H17P. The summed E-state index contributed by atoms with van der Waals surface area (Å²) in [7, 11) is 0. The normalized spacial score (nSPS) is 28.0. The molecule has 0 aromatic carbocycles. The van der Waals surface area contributed by atoms with E-state index in [1.165, 1.54) is 24.7 Å². The number of hydrogen-bond acceptors (Lipinski definition) is 0. The van der Waals surface area contributed by atoms with Crippen LogP contribution in [0.3, 0.4) is 0 Å². The van der Waals surface area contributed by atoms with Crippen molar-refractivity contribution >= 4 is 9.90 Å². The third kappa shape index (κ3) is 1.29. The molecule has 1 heteroatoms. The van der Waals surface area contributed by atoms with Gasteiger partial charge >= 0.3 is 0 Å². The molecule has 0 bridgehead atoms. The van der Waals surface area contributed by atoms with Gasteiger partial charge in [-0.1, -0.05) is 38.5 Å². The summed E-state index contributed by atoms with van der Waals surface area (Å²) in [5, 5.41) is 0. The minimum absolute atomic E-state index is 0. The van der Waals surface area contributed by atoms with Gasteiger partial charge in [-0.25, -0.2) is 0 Å². The van der Waals surface area contributed by atoms with Crippen molar-refractivity contribution in [1.82, 2.24) is 0 Å². The molecule has 0 spiro atoms. The van der Waals surface area contributed by atoms with Gasteiger partial charge in [0.15, 0.2) is 0 Å². The van der Waals surface area contributed by atoms with Crippen LogP contribution in [0.25, 0.3) is 0 Å². The molecule has 2 rings (SSSR count). The summed E-state index contributed by atoms with van der Waals surface area (Å²) in [6.07, 6.45) is 9.30. The van der Waals surface area contributed by atoms with E-state index in [1.807, 2.05) is 0 Å². The van der Waals surface area contributed by atoms with E-state index in [1.54, 1.807) is 25.7 Å². The van der Waals surface area contributed by atoms with E-state index in [2.05, 4.69) is 0 Å². The zero-order valence-electron chi connectivity index (χ0n) is 6.10. The molecule has 0 aromatic rings. The molecule has 1 unspecified atom stereocenters. The minimum atomic E-state index is 0. The summed E-state index contributed by atoms with van der Waals surface area (Å²) < 4.78 is 0. The summed E-state index contributed by atoms with van der Waals surface area (Å²) in [6, 6.07) is 0. The van der Waals surface area contributed by atoms with Crippen LogP contribution in [-0.4, -0.2) is 0 Å². The maximum absolute atomic E-state index is 1.56. The zero-order chi connectivity index (χ0) is 5.40. The molecule has 1 atom stereocenters. The van der Waals surface area contributed by atoms with Gasteiger partial charge in [0.1, 0.15) is 0 Å². The first kappa shape index (κ1) is 7.54. The van der Waals surface area contributed by atoms with E-state index in [0.717, 1.165) is 0 Å². The second kappa shape index (κ2) is 3.01. The molecule has 9 heavy (non-hydrogen) atoms. The maximum Gasteiger partial charge on any atom is -0.0386 e. The largest absolute Gasteiger partial charge is 0.153 e. The van der Waals surface area contributed by atoms with Crippen molar-refractivity contribution in [2.45, 2.75) is 38.5 Å². The summed E-state index contributed by atoms with van der Waals surface area (Å²) in [5.41, 5.74) is 0. The quantitative estimate of drug-likeness (QED) is 0.496. The van der Waals surface area contributed by atoms with Crippen LogP contribution in [0.5, 0.6) is 0 Å². The molecule has 2 saturated carbocycles. The molecule has 54 valence electrons.